The first-order valence-electron chi connectivity index (χ1n) is 7.83. The first-order valence-corrected chi connectivity index (χ1v) is 8.21. The number of halogens is 1. The molecule has 0 radical (unpaired) electrons. The Labute approximate surface area is 152 Å². The van der Waals surface area contributed by atoms with Crippen molar-refractivity contribution in [2.24, 2.45) is 0 Å². The monoisotopic (exact) mass is 354 g/mol. The van der Waals surface area contributed by atoms with E-state index in [0.29, 0.717) is 16.7 Å². The zero-order valence-electron chi connectivity index (χ0n) is 14.3. The maximum Gasteiger partial charge on any atom is 0.229 e. The predicted molar refractivity (Wildman–Crippen MR) is 103 cm³/mol. The van der Waals surface area contributed by atoms with Crippen molar-refractivity contribution in [3.8, 4) is 5.75 Å². The van der Waals surface area contributed by atoms with Crippen LogP contribution in [-0.4, -0.2) is 17.1 Å². The molecule has 0 amide bonds. The Morgan fingerprint density at radius 3 is 2.28 bits per heavy atom. The van der Waals surface area contributed by atoms with Gasteiger partial charge in [-0.15, -0.1) is 0 Å². The third-order valence-corrected chi connectivity index (χ3v) is 3.88. The summed E-state index contributed by atoms with van der Waals surface area (Å²) in [5.41, 5.74) is 3.83. The maximum absolute atomic E-state index is 6.16. The van der Waals surface area contributed by atoms with Crippen LogP contribution in [-0.2, 0) is 0 Å². The van der Waals surface area contributed by atoms with Crippen molar-refractivity contribution in [3.05, 3.63) is 64.8 Å². The second-order valence-electron chi connectivity index (χ2n) is 5.68. The van der Waals surface area contributed by atoms with Crippen LogP contribution < -0.4 is 15.4 Å². The van der Waals surface area contributed by atoms with Gasteiger partial charge in [0.2, 0.25) is 5.95 Å². The van der Waals surface area contributed by atoms with Gasteiger partial charge in [0.1, 0.15) is 11.6 Å². The highest BCUT2D eigenvalue weighted by Crippen LogP contribution is 2.28. The van der Waals surface area contributed by atoms with Crippen LogP contribution in [0, 0.1) is 13.8 Å². The van der Waals surface area contributed by atoms with Crippen molar-refractivity contribution in [3.63, 3.8) is 0 Å². The van der Waals surface area contributed by atoms with Gasteiger partial charge >= 0.3 is 0 Å². The molecular formula is C19H19ClN4O. The van der Waals surface area contributed by atoms with Crippen molar-refractivity contribution < 1.29 is 4.74 Å². The summed E-state index contributed by atoms with van der Waals surface area (Å²) in [4.78, 5) is 8.93. The number of aromatic nitrogens is 2. The molecule has 0 aliphatic rings. The molecule has 0 saturated heterocycles. The molecule has 0 aliphatic carbocycles. The van der Waals surface area contributed by atoms with Crippen LogP contribution in [0.1, 0.15) is 11.3 Å². The van der Waals surface area contributed by atoms with Crippen molar-refractivity contribution in [2.75, 3.05) is 17.7 Å². The lowest BCUT2D eigenvalue weighted by molar-refractivity contribution is 0.415. The average molecular weight is 355 g/mol. The van der Waals surface area contributed by atoms with Crippen molar-refractivity contribution in [1.82, 2.24) is 9.97 Å². The van der Waals surface area contributed by atoms with Crippen molar-refractivity contribution in [1.29, 1.82) is 0 Å². The summed E-state index contributed by atoms with van der Waals surface area (Å²) in [5.74, 6) is 1.84. The quantitative estimate of drug-likeness (QED) is 0.656. The molecule has 3 rings (SSSR count). The largest absolute Gasteiger partial charge is 0.495 e. The highest BCUT2D eigenvalue weighted by molar-refractivity contribution is 6.32. The Bertz CT molecular complexity index is 881. The summed E-state index contributed by atoms with van der Waals surface area (Å²) in [6, 6.07) is 15.5. The minimum atomic E-state index is 0.496. The molecule has 0 aliphatic heterocycles. The lowest BCUT2D eigenvalue weighted by Crippen LogP contribution is -2.02. The molecule has 3 aromatic rings. The van der Waals surface area contributed by atoms with Crippen LogP contribution >= 0.6 is 11.6 Å². The molecule has 128 valence electrons. The molecule has 2 aromatic carbocycles. The van der Waals surface area contributed by atoms with Gasteiger partial charge in [0.05, 0.1) is 12.1 Å². The molecule has 0 fully saturated rings. The van der Waals surface area contributed by atoms with Gasteiger partial charge in [0.15, 0.2) is 0 Å². The van der Waals surface area contributed by atoms with E-state index in [1.165, 1.54) is 5.56 Å². The van der Waals surface area contributed by atoms with Crippen LogP contribution in [0.5, 0.6) is 5.75 Å². The average Bonchev–Trinajstić information content (AvgIpc) is 2.57. The molecule has 0 bridgehead atoms. The van der Waals surface area contributed by atoms with E-state index >= 15 is 0 Å². The van der Waals surface area contributed by atoms with Crippen LogP contribution in [0.3, 0.4) is 0 Å². The van der Waals surface area contributed by atoms with E-state index in [1.54, 1.807) is 19.2 Å². The minimum Gasteiger partial charge on any atom is -0.495 e. The summed E-state index contributed by atoms with van der Waals surface area (Å²) in [5, 5.41) is 6.99. The van der Waals surface area contributed by atoms with Gasteiger partial charge in [0.25, 0.3) is 0 Å². The second kappa shape index (κ2) is 7.40. The summed E-state index contributed by atoms with van der Waals surface area (Å²) in [6.07, 6.45) is 0. The van der Waals surface area contributed by atoms with E-state index in [0.717, 1.165) is 22.9 Å². The number of aryl methyl sites for hydroxylation is 2. The fraction of sp³-hybridized carbons (Fsp3) is 0.158. The number of ether oxygens (including phenoxy) is 1. The molecular weight excluding hydrogens is 336 g/mol. The predicted octanol–water partition coefficient (Wildman–Crippen LogP) is 5.24. The molecule has 6 heteroatoms. The Kier molecular flexibility index (Phi) is 5.05. The van der Waals surface area contributed by atoms with Crippen molar-refractivity contribution in [2.45, 2.75) is 13.8 Å². The highest BCUT2D eigenvalue weighted by Gasteiger charge is 2.06. The minimum absolute atomic E-state index is 0.496. The number of nitrogens with zero attached hydrogens (tertiary/aromatic N) is 2. The van der Waals surface area contributed by atoms with E-state index in [9.17, 15) is 0 Å². The second-order valence-corrected chi connectivity index (χ2v) is 6.09. The van der Waals surface area contributed by atoms with Gasteiger partial charge in [-0.05, 0) is 44.2 Å². The first-order chi connectivity index (χ1) is 12.0. The molecule has 2 N–H and O–H groups in total. The number of anilines is 4. The number of hydrogen-bond acceptors (Lipinski definition) is 5. The SMILES string of the molecule is COc1ccc(Nc2nc(C)cc(Nc3ccc(C)cc3)n2)cc1Cl. The van der Waals surface area contributed by atoms with Gasteiger partial charge in [-0.2, -0.15) is 4.98 Å². The summed E-state index contributed by atoms with van der Waals surface area (Å²) in [6.45, 7) is 3.98. The number of nitrogens with one attached hydrogen (secondary N) is 2. The molecule has 5 nitrogen and oxygen atoms in total. The number of rotatable bonds is 5. The van der Waals surface area contributed by atoms with E-state index < -0.39 is 0 Å². The Balaban J connectivity index is 1.81. The Morgan fingerprint density at radius 1 is 0.880 bits per heavy atom. The van der Waals surface area contributed by atoms with Crippen LogP contribution in [0.15, 0.2) is 48.5 Å². The zero-order chi connectivity index (χ0) is 17.8. The highest BCUT2D eigenvalue weighted by atomic mass is 35.5. The van der Waals surface area contributed by atoms with Gasteiger partial charge in [0, 0.05) is 23.1 Å². The molecule has 1 heterocycles. The van der Waals surface area contributed by atoms with Crippen molar-refractivity contribution >= 4 is 34.7 Å². The normalized spacial score (nSPS) is 10.4. The van der Waals surface area contributed by atoms with Crippen LogP contribution in [0.25, 0.3) is 0 Å². The number of benzene rings is 2. The zero-order valence-corrected chi connectivity index (χ0v) is 15.1. The lowest BCUT2D eigenvalue weighted by Gasteiger charge is -2.11. The fourth-order valence-corrected chi connectivity index (χ4v) is 2.60. The summed E-state index contributed by atoms with van der Waals surface area (Å²) < 4.78 is 5.16. The fourth-order valence-electron chi connectivity index (χ4n) is 2.35. The molecule has 1 aromatic heterocycles. The lowest BCUT2D eigenvalue weighted by atomic mass is 10.2. The molecule has 0 atom stereocenters. The number of hydrogen-bond donors (Lipinski definition) is 2. The summed E-state index contributed by atoms with van der Waals surface area (Å²) in [7, 11) is 1.58. The molecule has 25 heavy (non-hydrogen) atoms. The maximum atomic E-state index is 6.16. The van der Waals surface area contributed by atoms with E-state index in [1.807, 2.05) is 31.2 Å². The standard InChI is InChI=1S/C19H19ClN4O/c1-12-4-6-14(7-5-12)22-18-10-13(2)21-19(24-18)23-15-8-9-17(25-3)16(20)11-15/h4-11H,1-3H3,(H2,21,22,23,24). The topological polar surface area (TPSA) is 59.1 Å². The van der Waals surface area contributed by atoms with E-state index in [4.69, 9.17) is 16.3 Å². The summed E-state index contributed by atoms with van der Waals surface area (Å²) >= 11 is 6.16. The third-order valence-electron chi connectivity index (χ3n) is 3.59. The smallest absolute Gasteiger partial charge is 0.229 e. The van der Waals surface area contributed by atoms with Gasteiger partial charge in [-0.1, -0.05) is 29.3 Å². The van der Waals surface area contributed by atoms with Gasteiger partial charge in [-0.3, -0.25) is 0 Å². The molecule has 0 spiro atoms. The Morgan fingerprint density at radius 2 is 1.60 bits per heavy atom. The van der Waals surface area contributed by atoms with Gasteiger partial charge < -0.3 is 15.4 Å². The first kappa shape index (κ1) is 17.0. The Hall–Kier alpha value is -2.79. The van der Waals surface area contributed by atoms with Crippen LogP contribution in [0.4, 0.5) is 23.1 Å². The van der Waals surface area contributed by atoms with Gasteiger partial charge in [-0.25, -0.2) is 4.98 Å². The van der Waals surface area contributed by atoms with E-state index in [2.05, 4.69) is 39.7 Å². The molecule has 0 unspecified atom stereocenters. The molecule has 0 saturated carbocycles. The number of methoxy groups -OCH3 is 1. The van der Waals surface area contributed by atoms with E-state index in [-0.39, 0.29) is 0 Å². The third kappa shape index (κ3) is 4.39. The van der Waals surface area contributed by atoms with Crippen LogP contribution in [0.2, 0.25) is 5.02 Å².